The number of thiazole rings is 1. The second-order valence-electron chi connectivity index (χ2n) is 4.97. The highest BCUT2D eigenvalue weighted by molar-refractivity contribution is 14.0. The quantitative estimate of drug-likeness (QED) is 0.323. The van der Waals surface area contributed by atoms with Crippen LogP contribution in [0, 0.1) is 0 Å². The van der Waals surface area contributed by atoms with Crippen LogP contribution in [-0.4, -0.2) is 30.6 Å². The highest BCUT2D eigenvalue weighted by Gasteiger charge is 2.02. The van der Waals surface area contributed by atoms with Crippen molar-refractivity contribution in [3.63, 3.8) is 0 Å². The number of hydrogen-bond donors (Lipinski definition) is 2. The molecule has 134 valence electrons. The summed E-state index contributed by atoms with van der Waals surface area (Å²) < 4.78 is 0.843. The minimum absolute atomic E-state index is 0. The van der Waals surface area contributed by atoms with Crippen LogP contribution >= 0.6 is 58.3 Å². The van der Waals surface area contributed by atoms with E-state index in [1.165, 1.54) is 9.75 Å². The van der Waals surface area contributed by atoms with Crippen LogP contribution in [0.1, 0.15) is 28.6 Å². The van der Waals surface area contributed by atoms with E-state index in [-0.39, 0.29) is 24.0 Å². The SMILES string of the molecule is CCNC(=NCCc1ncc(CC)s1)NCCc1ccc(Cl)s1.I. The third-order valence-electron chi connectivity index (χ3n) is 3.18. The predicted molar refractivity (Wildman–Crippen MR) is 118 cm³/mol. The number of aryl methyl sites for hydroxylation is 1. The summed E-state index contributed by atoms with van der Waals surface area (Å²) in [6.45, 7) is 6.68. The molecule has 0 aliphatic heterocycles. The zero-order valence-electron chi connectivity index (χ0n) is 14.0. The molecule has 0 bridgehead atoms. The number of nitrogens with zero attached hydrogens (tertiary/aromatic N) is 2. The van der Waals surface area contributed by atoms with Crippen molar-refractivity contribution in [1.29, 1.82) is 0 Å². The van der Waals surface area contributed by atoms with Crippen molar-refractivity contribution in [2.45, 2.75) is 33.1 Å². The highest BCUT2D eigenvalue weighted by atomic mass is 127. The molecule has 2 rings (SSSR count). The van der Waals surface area contributed by atoms with E-state index in [9.17, 15) is 0 Å². The topological polar surface area (TPSA) is 49.3 Å². The van der Waals surface area contributed by atoms with E-state index in [4.69, 9.17) is 11.6 Å². The van der Waals surface area contributed by atoms with Gasteiger partial charge < -0.3 is 10.6 Å². The summed E-state index contributed by atoms with van der Waals surface area (Å²) in [5.41, 5.74) is 0. The summed E-state index contributed by atoms with van der Waals surface area (Å²) in [6, 6.07) is 4.02. The largest absolute Gasteiger partial charge is 0.357 e. The average molecular weight is 499 g/mol. The van der Waals surface area contributed by atoms with Crippen LogP contribution in [0.25, 0.3) is 0 Å². The van der Waals surface area contributed by atoms with Crippen LogP contribution in [0.15, 0.2) is 23.3 Å². The lowest BCUT2D eigenvalue weighted by molar-refractivity contribution is 0.801. The minimum atomic E-state index is 0. The molecule has 0 unspecified atom stereocenters. The second kappa shape index (κ2) is 12.1. The third kappa shape index (κ3) is 7.67. The van der Waals surface area contributed by atoms with E-state index in [1.54, 1.807) is 22.7 Å². The Labute approximate surface area is 174 Å². The van der Waals surface area contributed by atoms with E-state index >= 15 is 0 Å². The molecule has 0 saturated carbocycles. The zero-order valence-corrected chi connectivity index (χ0v) is 18.7. The lowest BCUT2D eigenvalue weighted by Gasteiger charge is -2.10. The summed E-state index contributed by atoms with van der Waals surface area (Å²) in [5.74, 6) is 0.863. The summed E-state index contributed by atoms with van der Waals surface area (Å²) >= 11 is 9.36. The van der Waals surface area contributed by atoms with Crippen molar-refractivity contribution in [3.05, 3.63) is 37.4 Å². The maximum Gasteiger partial charge on any atom is 0.191 e. The molecule has 0 fully saturated rings. The zero-order chi connectivity index (χ0) is 16.5. The predicted octanol–water partition coefficient (Wildman–Crippen LogP) is 4.38. The first-order chi connectivity index (χ1) is 11.2. The number of rotatable bonds is 8. The molecule has 2 heterocycles. The van der Waals surface area contributed by atoms with Gasteiger partial charge in [-0.05, 0) is 31.9 Å². The van der Waals surface area contributed by atoms with Crippen molar-refractivity contribution in [2.24, 2.45) is 4.99 Å². The van der Waals surface area contributed by atoms with Gasteiger partial charge in [-0.3, -0.25) is 4.99 Å². The summed E-state index contributed by atoms with van der Waals surface area (Å²) in [6.07, 6.45) is 4.87. The maximum atomic E-state index is 5.95. The number of guanidine groups is 1. The van der Waals surface area contributed by atoms with Crippen LogP contribution in [0.5, 0.6) is 0 Å². The Morgan fingerprint density at radius 3 is 2.62 bits per heavy atom. The summed E-state index contributed by atoms with van der Waals surface area (Å²) in [7, 11) is 0. The fraction of sp³-hybridized carbons (Fsp3) is 0.500. The van der Waals surface area contributed by atoms with Gasteiger partial charge in [0.05, 0.1) is 9.34 Å². The monoisotopic (exact) mass is 498 g/mol. The first-order valence-corrected chi connectivity index (χ1v) is 9.92. The Morgan fingerprint density at radius 2 is 2.00 bits per heavy atom. The van der Waals surface area contributed by atoms with Crippen molar-refractivity contribution in [2.75, 3.05) is 19.6 Å². The Bertz CT molecular complexity index is 627. The van der Waals surface area contributed by atoms with Crippen molar-refractivity contribution >= 4 is 64.2 Å². The Kier molecular flexibility index (Phi) is 10.9. The van der Waals surface area contributed by atoms with E-state index < -0.39 is 0 Å². The molecular weight excluding hydrogens is 475 g/mol. The van der Waals surface area contributed by atoms with Crippen molar-refractivity contribution in [3.8, 4) is 0 Å². The molecule has 0 spiro atoms. The van der Waals surface area contributed by atoms with Gasteiger partial charge in [0.2, 0.25) is 0 Å². The minimum Gasteiger partial charge on any atom is -0.357 e. The Balaban J connectivity index is 0.00000288. The van der Waals surface area contributed by atoms with Crippen molar-refractivity contribution in [1.82, 2.24) is 15.6 Å². The number of nitrogens with one attached hydrogen (secondary N) is 2. The molecule has 2 aromatic heterocycles. The third-order valence-corrected chi connectivity index (χ3v) is 5.67. The number of hydrogen-bond acceptors (Lipinski definition) is 4. The summed E-state index contributed by atoms with van der Waals surface area (Å²) in [5, 5.41) is 7.80. The summed E-state index contributed by atoms with van der Waals surface area (Å²) in [4.78, 5) is 11.7. The number of thiophene rings is 1. The number of halogens is 2. The van der Waals surface area contributed by atoms with Gasteiger partial charge in [-0.15, -0.1) is 46.7 Å². The lowest BCUT2D eigenvalue weighted by Crippen LogP contribution is -2.38. The number of aliphatic imine (C=N–C) groups is 1. The molecular formula is C16H24ClIN4S2. The fourth-order valence-corrected chi connectivity index (χ4v) is 3.96. The van der Waals surface area contributed by atoms with Gasteiger partial charge in [-0.2, -0.15) is 0 Å². The van der Waals surface area contributed by atoms with E-state index in [0.29, 0.717) is 0 Å². The normalized spacial score (nSPS) is 11.2. The maximum absolute atomic E-state index is 5.95. The lowest BCUT2D eigenvalue weighted by atomic mass is 10.3. The molecule has 0 aliphatic rings. The first-order valence-electron chi connectivity index (χ1n) is 7.91. The van der Waals surface area contributed by atoms with Gasteiger partial charge >= 0.3 is 0 Å². The molecule has 0 atom stereocenters. The highest BCUT2D eigenvalue weighted by Crippen LogP contribution is 2.21. The molecule has 0 radical (unpaired) electrons. The Hall–Kier alpha value is -0.380. The van der Waals surface area contributed by atoms with E-state index in [1.807, 2.05) is 12.3 Å². The molecule has 4 nitrogen and oxygen atoms in total. The molecule has 2 N–H and O–H groups in total. The standard InChI is InChI=1S/C16H23ClN4S2.HI/c1-3-12-11-21-15(23-12)8-10-20-16(18-4-2)19-9-7-13-5-6-14(17)22-13;/h5-6,11H,3-4,7-10H2,1-2H3,(H2,18,19,20);1H. The van der Waals surface area contributed by atoms with Gasteiger partial charge in [0.15, 0.2) is 5.96 Å². The fourth-order valence-electron chi connectivity index (χ4n) is 2.02. The van der Waals surface area contributed by atoms with Crippen molar-refractivity contribution < 1.29 is 0 Å². The molecule has 0 amide bonds. The van der Waals surface area contributed by atoms with Crippen LogP contribution in [0.4, 0.5) is 0 Å². The van der Waals surface area contributed by atoms with Gasteiger partial charge in [0.25, 0.3) is 0 Å². The second-order valence-corrected chi connectivity index (χ2v) is 7.97. The van der Waals surface area contributed by atoms with Crippen LogP contribution in [0.3, 0.4) is 0 Å². The molecule has 2 aromatic rings. The van der Waals surface area contributed by atoms with Gasteiger partial charge in [0, 0.05) is 42.0 Å². The number of aromatic nitrogens is 1. The molecule has 0 aliphatic carbocycles. The molecule has 24 heavy (non-hydrogen) atoms. The Morgan fingerprint density at radius 1 is 1.17 bits per heavy atom. The smallest absolute Gasteiger partial charge is 0.191 e. The molecule has 8 heteroatoms. The van der Waals surface area contributed by atoms with Crippen LogP contribution in [0.2, 0.25) is 4.34 Å². The van der Waals surface area contributed by atoms with E-state index in [0.717, 1.165) is 54.2 Å². The van der Waals surface area contributed by atoms with E-state index in [2.05, 4.69) is 40.5 Å². The molecule has 0 saturated heterocycles. The van der Waals surface area contributed by atoms with Gasteiger partial charge in [-0.1, -0.05) is 18.5 Å². The van der Waals surface area contributed by atoms with Gasteiger partial charge in [-0.25, -0.2) is 4.98 Å². The molecule has 0 aromatic carbocycles. The van der Waals surface area contributed by atoms with Crippen LogP contribution < -0.4 is 10.6 Å². The first kappa shape index (κ1) is 21.7. The average Bonchev–Trinajstić information content (AvgIpc) is 3.16. The van der Waals surface area contributed by atoms with Crippen LogP contribution in [-0.2, 0) is 19.3 Å². The van der Waals surface area contributed by atoms with Gasteiger partial charge in [0.1, 0.15) is 0 Å².